The largest absolute Gasteiger partial charge is 0.496 e. The minimum absolute atomic E-state index is 0.233. The molecule has 0 spiro atoms. The lowest BCUT2D eigenvalue weighted by molar-refractivity contribution is 0.184. The van der Waals surface area contributed by atoms with Crippen LogP contribution in [-0.4, -0.2) is 13.2 Å². The maximum Gasteiger partial charge on any atom is 0.122 e. The molecule has 2 heteroatoms. The van der Waals surface area contributed by atoms with Gasteiger partial charge < -0.3 is 10.5 Å². The highest BCUT2D eigenvalue weighted by Crippen LogP contribution is 2.60. The van der Waals surface area contributed by atoms with E-state index in [1.54, 1.807) is 7.11 Å². The lowest BCUT2D eigenvalue weighted by Crippen LogP contribution is -2.54. The van der Waals surface area contributed by atoms with Gasteiger partial charge in [0.25, 0.3) is 0 Å². The normalized spacial score (nSPS) is 37.5. The van der Waals surface area contributed by atoms with E-state index in [9.17, 15) is 0 Å². The van der Waals surface area contributed by atoms with E-state index in [-0.39, 0.29) is 5.41 Å². The number of nitrogens with two attached hydrogens (primary N) is 1. The Morgan fingerprint density at radius 1 is 1.40 bits per heavy atom. The molecule has 1 aromatic rings. The molecule has 4 rings (SSSR count). The third-order valence-corrected chi connectivity index (χ3v) is 4.38. The lowest BCUT2D eigenvalue weighted by atomic mass is 9.61. The number of fused-ring (bicyclic) bond motifs is 1. The second kappa shape index (κ2) is 2.99. The highest BCUT2D eigenvalue weighted by atomic mass is 16.5. The number of rotatable bonds is 2. The van der Waals surface area contributed by atoms with Gasteiger partial charge in [-0.3, -0.25) is 0 Å². The summed E-state index contributed by atoms with van der Waals surface area (Å²) < 4.78 is 5.44. The predicted molar refractivity (Wildman–Crippen MR) is 60.0 cm³/mol. The number of methoxy groups -OCH3 is 1. The molecule has 2 N–H and O–H groups in total. The topological polar surface area (TPSA) is 35.2 Å². The van der Waals surface area contributed by atoms with Crippen LogP contribution in [0.2, 0.25) is 0 Å². The second-order valence-electron chi connectivity index (χ2n) is 4.89. The van der Waals surface area contributed by atoms with Gasteiger partial charge in [-0.25, -0.2) is 0 Å². The SMILES string of the molecule is COc1ccccc1C12CCC(C1)C2N. The van der Waals surface area contributed by atoms with Gasteiger partial charge in [0.2, 0.25) is 0 Å². The first-order valence-corrected chi connectivity index (χ1v) is 5.67. The minimum Gasteiger partial charge on any atom is -0.496 e. The fraction of sp³-hybridized carbons (Fsp3) is 0.538. The van der Waals surface area contributed by atoms with E-state index in [2.05, 4.69) is 12.1 Å². The summed E-state index contributed by atoms with van der Waals surface area (Å²) in [6, 6.07) is 8.69. The third kappa shape index (κ3) is 1.03. The molecule has 0 aliphatic heterocycles. The molecule has 3 unspecified atom stereocenters. The highest BCUT2D eigenvalue weighted by molar-refractivity contribution is 5.45. The quantitative estimate of drug-likeness (QED) is 0.798. The fourth-order valence-electron chi connectivity index (χ4n) is 3.50. The second-order valence-corrected chi connectivity index (χ2v) is 4.89. The van der Waals surface area contributed by atoms with E-state index in [0.717, 1.165) is 11.7 Å². The first kappa shape index (κ1) is 9.22. The number of para-hydroxylation sites is 1. The molecule has 3 aliphatic carbocycles. The van der Waals surface area contributed by atoms with Crippen LogP contribution in [0.3, 0.4) is 0 Å². The van der Waals surface area contributed by atoms with Gasteiger partial charge in [-0.1, -0.05) is 18.2 Å². The van der Waals surface area contributed by atoms with Crippen LogP contribution in [-0.2, 0) is 5.41 Å². The Labute approximate surface area is 90.4 Å². The molecule has 0 amide bonds. The van der Waals surface area contributed by atoms with Crippen molar-refractivity contribution in [2.45, 2.75) is 30.7 Å². The Bertz CT molecular complexity index is 386. The molecule has 2 bridgehead atoms. The fourth-order valence-corrected chi connectivity index (χ4v) is 3.50. The van der Waals surface area contributed by atoms with Crippen LogP contribution < -0.4 is 10.5 Å². The molecule has 0 aromatic heterocycles. The molecular weight excluding hydrogens is 186 g/mol. The van der Waals surface area contributed by atoms with Crippen molar-refractivity contribution >= 4 is 0 Å². The zero-order valence-corrected chi connectivity index (χ0v) is 9.07. The molecule has 0 radical (unpaired) electrons. The van der Waals surface area contributed by atoms with Gasteiger partial charge in [-0.05, 0) is 31.2 Å². The highest BCUT2D eigenvalue weighted by Gasteiger charge is 2.58. The molecule has 3 fully saturated rings. The van der Waals surface area contributed by atoms with Gasteiger partial charge in [0.05, 0.1) is 7.11 Å². The molecular formula is C13H17NO. The van der Waals surface area contributed by atoms with Crippen LogP contribution in [0.15, 0.2) is 24.3 Å². The van der Waals surface area contributed by atoms with Crippen molar-refractivity contribution in [3.63, 3.8) is 0 Å². The van der Waals surface area contributed by atoms with Crippen LogP contribution in [0.4, 0.5) is 0 Å². The summed E-state index contributed by atoms with van der Waals surface area (Å²) in [5.41, 5.74) is 7.82. The summed E-state index contributed by atoms with van der Waals surface area (Å²) in [6.07, 6.45) is 3.78. The average molecular weight is 203 g/mol. The Kier molecular flexibility index (Phi) is 1.84. The van der Waals surface area contributed by atoms with Gasteiger partial charge in [-0.2, -0.15) is 0 Å². The summed E-state index contributed by atoms with van der Waals surface area (Å²) >= 11 is 0. The van der Waals surface area contributed by atoms with E-state index in [1.807, 2.05) is 12.1 Å². The van der Waals surface area contributed by atoms with E-state index >= 15 is 0 Å². The van der Waals surface area contributed by atoms with E-state index in [1.165, 1.54) is 24.8 Å². The van der Waals surface area contributed by atoms with Crippen LogP contribution in [0, 0.1) is 5.92 Å². The predicted octanol–water partition coefficient (Wildman–Crippen LogP) is 2.07. The van der Waals surface area contributed by atoms with Crippen LogP contribution in [0.25, 0.3) is 0 Å². The van der Waals surface area contributed by atoms with E-state index < -0.39 is 0 Å². The molecule has 80 valence electrons. The van der Waals surface area contributed by atoms with Crippen molar-refractivity contribution in [2.75, 3.05) is 7.11 Å². The van der Waals surface area contributed by atoms with Crippen molar-refractivity contribution in [3.8, 4) is 5.75 Å². The maximum atomic E-state index is 6.26. The van der Waals surface area contributed by atoms with Crippen molar-refractivity contribution < 1.29 is 4.74 Å². The summed E-state index contributed by atoms with van der Waals surface area (Å²) in [6.45, 7) is 0. The Hall–Kier alpha value is -1.02. The van der Waals surface area contributed by atoms with Gasteiger partial charge >= 0.3 is 0 Å². The molecule has 0 saturated heterocycles. The van der Waals surface area contributed by atoms with E-state index in [4.69, 9.17) is 10.5 Å². The van der Waals surface area contributed by atoms with Crippen LogP contribution in [0.1, 0.15) is 24.8 Å². The molecule has 2 nitrogen and oxygen atoms in total. The van der Waals surface area contributed by atoms with Crippen molar-refractivity contribution in [3.05, 3.63) is 29.8 Å². The third-order valence-electron chi connectivity index (χ3n) is 4.38. The Balaban J connectivity index is 2.06. The lowest BCUT2D eigenvalue weighted by Gasteiger charge is -2.46. The summed E-state index contributed by atoms with van der Waals surface area (Å²) in [4.78, 5) is 0. The number of benzene rings is 1. The minimum atomic E-state index is 0.233. The molecule has 15 heavy (non-hydrogen) atoms. The average Bonchev–Trinajstić information content (AvgIpc) is 2.86. The summed E-state index contributed by atoms with van der Waals surface area (Å²) in [5, 5.41) is 0. The van der Waals surface area contributed by atoms with Gasteiger partial charge in [0, 0.05) is 17.0 Å². The smallest absolute Gasteiger partial charge is 0.122 e. The van der Waals surface area contributed by atoms with Gasteiger partial charge in [0.15, 0.2) is 0 Å². The molecule has 0 heterocycles. The Morgan fingerprint density at radius 3 is 2.80 bits per heavy atom. The zero-order valence-electron chi connectivity index (χ0n) is 9.07. The van der Waals surface area contributed by atoms with Crippen molar-refractivity contribution in [1.29, 1.82) is 0 Å². The molecule has 3 saturated carbocycles. The van der Waals surface area contributed by atoms with E-state index in [0.29, 0.717) is 6.04 Å². The first-order valence-electron chi connectivity index (χ1n) is 5.67. The molecule has 3 aliphatic rings. The summed E-state index contributed by atoms with van der Waals surface area (Å²) in [7, 11) is 1.74. The van der Waals surface area contributed by atoms with Gasteiger partial charge in [-0.15, -0.1) is 0 Å². The standard InChI is InChI=1S/C13H17NO/c1-15-11-5-3-2-4-10(11)13-7-6-9(8-13)12(13)14/h2-5,9,12H,6-8,14H2,1H3. The van der Waals surface area contributed by atoms with Crippen LogP contribution in [0.5, 0.6) is 5.75 Å². The van der Waals surface area contributed by atoms with Gasteiger partial charge in [0.1, 0.15) is 5.75 Å². The number of hydrogen-bond donors (Lipinski definition) is 1. The van der Waals surface area contributed by atoms with Crippen molar-refractivity contribution in [2.24, 2.45) is 11.7 Å². The number of hydrogen-bond acceptors (Lipinski definition) is 2. The maximum absolute atomic E-state index is 6.26. The number of ether oxygens (including phenoxy) is 1. The Morgan fingerprint density at radius 2 is 2.20 bits per heavy atom. The molecule has 1 aromatic carbocycles. The monoisotopic (exact) mass is 203 g/mol. The zero-order chi connectivity index (χ0) is 10.5. The summed E-state index contributed by atoms with van der Waals surface area (Å²) in [5.74, 6) is 1.77. The molecule has 3 atom stereocenters. The van der Waals surface area contributed by atoms with Crippen LogP contribution >= 0.6 is 0 Å². The first-order chi connectivity index (χ1) is 7.28. The van der Waals surface area contributed by atoms with Crippen molar-refractivity contribution in [1.82, 2.24) is 0 Å².